The van der Waals surface area contributed by atoms with Gasteiger partial charge in [-0.15, -0.1) is 0 Å². The van der Waals surface area contributed by atoms with Crippen LogP contribution in [0.2, 0.25) is 0 Å². The number of likely N-dealkylation sites (N-methyl/N-ethyl adjacent to an activating group) is 1. The van der Waals surface area contributed by atoms with Crippen molar-refractivity contribution in [2.45, 2.75) is 19.8 Å². The topological polar surface area (TPSA) is 15.3 Å². The molecule has 1 saturated heterocycles. The van der Waals surface area contributed by atoms with Crippen LogP contribution in [0.3, 0.4) is 0 Å². The Morgan fingerprint density at radius 2 is 1.75 bits per heavy atom. The minimum atomic E-state index is 1.16. The summed E-state index contributed by atoms with van der Waals surface area (Å²) >= 11 is 0. The summed E-state index contributed by atoms with van der Waals surface area (Å²) in [5, 5.41) is 3.22. The van der Waals surface area contributed by atoms with Gasteiger partial charge in [0.2, 0.25) is 0 Å². The molecule has 0 aromatic rings. The third kappa shape index (κ3) is 3.88. The van der Waals surface area contributed by atoms with E-state index in [4.69, 9.17) is 0 Å². The van der Waals surface area contributed by atoms with E-state index in [1.54, 1.807) is 0 Å². The summed E-state index contributed by atoms with van der Waals surface area (Å²) in [5.74, 6) is 0. The molecule has 0 radical (unpaired) electrons. The highest BCUT2D eigenvalue weighted by Gasteiger charge is 1.99. The van der Waals surface area contributed by atoms with Crippen LogP contribution in [0.1, 0.15) is 19.8 Å². The van der Waals surface area contributed by atoms with Gasteiger partial charge in [-0.25, -0.2) is 0 Å². The van der Waals surface area contributed by atoms with Gasteiger partial charge in [0.25, 0.3) is 0 Å². The molecule has 2 rings (SSSR count). The van der Waals surface area contributed by atoms with Gasteiger partial charge < -0.3 is 5.32 Å². The number of nitrogens with one attached hydrogen (secondary N) is 1. The van der Waals surface area contributed by atoms with Crippen LogP contribution in [0, 0.1) is 0 Å². The molecule has 2 aliphatic rings. The van der Waals surface area contributed by atoms with Crippen LogP contribution in [-0.2, 0) is 0 Å². The second kappa shape index (κ2) is 6.21. The zero-order chi connectivity index (χ0) is 8.65. The molecule has 0 bridgehead atoms. The first-order valence-electron chi connectivity index (χ1n) is 5.01. The predicted octanol–water partition coefficient (Wildman–Crippen LogP) is 1.25. The molecule has 0 aromatic carbocycles. The Morgan fingerprint density at radius 1 is 1.17 bits per heavy atom. The molecule has 0 aromatic heterocycles. The van der Waals surface area contributed by atoms with Gasteiger partial charge in [-0.1, -0.05) is 19.1 Å². The normalized spacial score (nSPS) is 22.4. The maximum Gasteiger partial charge on any atom is 0.0166 e. The largest absolute Gasteiger partial charge is 0.317 e. The minimum absolute atomic E-state index is 1.16. The van der Waals surface area contributed by atoms with Gasteiger partial charge in [-0.3, -0.25) is 4.90 Å². The highest BCUT2D eigenvalue weighted by Crippen LogP contribution is 1.95. The number of hydrogen-bond donors (Lipinski definition) is 1. The fourth-order valence-corrected chi connectivity index (χ4v) is 1.40. The van der Waals surface area contributed by atoms with Gasteiger partial charge in [0, 0.05) is 13.1 Å². The fourth-order valence-electron chi connectivity index (χ4n) is 1.40. The molecule has 0 amide bonds. The van der Waals surface area contributed by atoms with Crippen molar-refractivity contribution >= 4 is 0 Å². The molecule has 0 aliphatic carbocycles. The van der Waals surface area contributed by atoms with Crippen molar-refractivity contribution < 1.29 is 0 Å². The van der Waals surface area contributed by atoms with E-state index in [0.717, 1.165) is 13.1 Å². The van der Waals surface area contributed by atoms with E-state index in [1.165, 1.54) is 32.5 Å². The van der Waals surface area contributed by atoms with Gasteiger partial charge in [0.05, 0.1) is 0 Å². The fraction of sp³-hybridized carbons (Fsp3) is 0.800. The van der Waals surface area contributed by atoms with Crippen molar-refractivity contribution in [2.24, 2.45) is 0 Å². The minimum Gasteiger partial charge on any atom is -0.317 e. The van der Waals surface area contributed by atoms with Crippen molar-refractivity contribution in [1.82, 2.24) is 10.2 Å². The van der Waals surface area contributed by atoms with Gasteiger partial charge in [0.1, 0.15) is 0 Å². The molecule has 1 fully saturated rings. The Morgan fingerprint density at radius 3 is 2.00 bits per heavy atom. The van der Waals surface area contributed by atoms with E-state index in [1.807, 2.05) is 0 Å². The lowest BCUT2D eigenvalue weighted by atomic mass is 10.4. The van der Waals surface area contributed by atoms with Gasteiger partial charge in [-0.05, 0) is 32.5 Å². The second-order valence-electron chi connectivity index (χ2n) is 3.28. The number of nitrogens with zero attached hydrogens (tertiary/aromatic N) is 1. The third-order valence-electron chi connectivity index (χ3n) is 2.30. The molecule has 0 saturated carbocycles. The van der Waals surface area contributed by atoms with Gasteiger partial charge >= 0.3 is 0 Å². The van der Waals surface area contributed by atoms with Crippen molar-refractivity contribution in [2.75, 3.05) is 32.7 Å². The summed E-state index contributed by atoms with van der Waals surface area (Å²) in [6.07, 6.45) is 7.20. The monoisotopic (exact) mass is 168 g/mol. The van der Waals surface area contributed by atoms with Crippen LogP contribution in [0.15, 0.2) is 12.2 Å². The van der Waals surface area contributed by atoms with Crippen LogP contribution >= 0.6 is 0 Å². The van der Waals surface area contributed by atoms with E-state index in [2.05, 4.69) is 29.3 Å². The molecule has 2 aliphatic heterocycles. The zero-order valence-electron chi connectivity index (χ0n) is 8.05. The van der Waals surface area contributed by atoms with Crippen molar-refractivity contribution in [3.05, 3.63) is 12.2 Å². The molecule has 2 heteroatoms. The van der Waals surface area contributed by atoms with E-state index < -0.39 is 0 Å². The van der Waals surface area contributed by atoms with Crippen LogP contribution < -0.4 is 5.32 Å². The summed E-state index contributed by atoms with van der Waals surface area (Å²) in [7, 11) is 0. The van der Waals surface area contributed by atoms with Crippen molar-refractivity contribution in [3.63, 3.8) is 0 Å². The molecule has 12 heavy (non-hydrogen) atoms. The van der Waals surface area contributed by atoms with Gasteiger partial charge in [-0.2, -0.15) is 0 Å². The first-order chi connectivity index (χ1) is 5.93. The highest BCUT2D eigenvalue weighted by molar-refractivity contribution is 4.94. The van der Waals surface area contributed by atoms with E-state index >= 15 is 0 Å². The number of hydrogen-bond acceptors (Lipinski definition) is 2. The average Bonchev–Trinajstić information content (AvgIpc) is 2.81. The second-order valence-corrected chi connectivity index (χ2v) is 3.28. The molecular formula is C10H20N2. The lowest BCUT2D eigenvalue weighted by Crippen LogP contribution is -2.18. The van der Waals surface area contributed by atoms with Crippen molar-refractivity contribution in [3.8, 4) is 0 Å². The van der Waals surface area contributed by atoms with Crippen LogP contribution in [-0.4, -0.2) is 37.6 Å². The molecular weight excluding hydrogens is 148 g/mol. The first-order valence-corrected chi connectivity index (χ1v) is 5.01. The average molecular weight is 168 g/mol. The van der Waals surface area contributed by atoms with Gasteiger partial charge in [0.15, 0.2) is 0 Å². The molecule has 0 spiro atoms. The Hall–Kier alpha value is -0.340. The lowest BCUT2D eigenvalue weighted by Gasteiger charge is -2.08. The third-order valence-corrected chi connectivity index (χ3v) is 2.30. The Balaban J connectivity index is 0.000000127. The molecule has 1 N–H and O–H groups in total. The number of rotatable bonds is 1. The van der Waals surface area contributed by atoms with E-state index in [-0.39, 0.29) is 0 Å². The Labute approximate surface area is 75.6 Å². The zero-order valence-corrected chi connectivity index (χ0v) is 8.05. The molecule has 0 unspecified atom stereocenters. The van der Waals surface area contributed by atoms with Crippen molar-refractivity contribution in [1.29, 1.82) is 0 Å². The summed E-state index contributed by atoms with van der Waals surface area (Å²) in [4.78, 5) is 2.38. The smallest absolute Gasteiger partial charge is 0.0166 e. The summed E-state index contributed by atoms with van der Waals surface area (Å²) in [5.41, 5.74) is 0. The predicted molar refractivity (Wildman–Crippen MR) is 53.4 cm³/mol. The van der Waals surface area contributed by atoms with Crippen LogP contribution in [0.25, 0.3) is 0 Å². The molecule has 2 nitrogen and oxygen atoms in total. The maximum atomic E-state index is 3.22. The SMILES string of the molecule is C1CCNC1.CCN1CC=CC1. The first kappa shape index (κ1) is 9.75. The summed E-state index contributed by atoms with van der Waals surface area (Å²) < 4.78 is 0. The molecule has 2 heterocycles. The Kier molecular flexibility index (Phi) is 5.04. The standard InChI is InChI=1S/C6H11N.C4H9N/c1-2-7-5-3-4-6-7;1-2-4-5-3-1/h3-4H,2,5-6H2,1H3;5H,1-4H2. The maximum absolute atomic E-state index is 3.22. The van der Waals surface area contributed by atoms with Crippen LogP contribution in [0.5, 0.6) is 0 Å². The van der Waals surface area contributed by atoms with Crippen LogP contribution in [0.4, 0.5) is 0 Å². The van der Waals surface area contributed by atoms with E-state index in [0.29, 0.717) is 0 Å². The lowest BCUT2D eigenvalue weighted by molar-refractivity contribution is 0.373. The molecule has 0 atom stereocenters. The summed E-state index contributed by atoms with van der Waals surface area (Å²) in [6.45, 7) is 8.20. The molecule has 70 valence electrons. The van der Waals surface area contributed by atoms with E-state index in [9.17, 15) is 0 Å². The quantitative estimate of drug-likeness (QED) is 0.593. The highest BCUT2D eigenvalue weighted by atomic mass is 15.1. The Bertz CT molecular complexity index is 112. The summed E-state index contributed by atoms with van der Waals surface area (Å²) in [6, 6.07) is 0.